The molecule has 22 heavy (non-hydrogen) atoms. The molecule has 0 heterocycles. The van der Waals surface area contributed by atoms with Crippen molar-refractivity contribution in [1.29, 1.82) is 0 Å². The van der Waals surface area contributed by atoms with Crippen molar-refractivity contribution in [2.75, 3.05) is 5.73 Å². The minimum Gasteiger partial charge on any atom is -0.399 e. The summed E-state index contributed by atoms with van der Waals surface area (Å²) in [6.07, 6.45) is 6.87. The first-order valence-corrected chi connectivity index (χ1v) is 8.70. The van der Waals surface area contributed by atoms with E-state index in [9.17, 15) is 0 Å². The minimum atomic E-state index is 0.456. The average Bonchev–Trinajstić information content (AvgIpc) is 2.52. The molecule has 3 atom stereocenters. The number of rotatable bonds is 0. The maximum absolute atomic E-state index is 6.14. The first-order valence-electron chi connectivity index (χ1n) is 8.70. The average molecular weight is 289 g/mol. The Kier molecular flexibility index (Phi) is 2.41. The molecule has 0 radical (unpaired) electrons. The standard InChI is InChI=1S/C21H23N/c1-13-4-6-17-15-7-5-14(22)12-18(15)16-3-2-9-21(20(17)11-13)10-8-19(16)21/h4-7,11-12,16,19H,2-3,8-10,22H2,1H3/t16?,19-,21?/m1/s1. The summed E-state index contributed by atoms with van der Waals surface area (Å²) in [7, 11) is 0. The van der Waals surface area contributed by atoms with Crippen LogP contribution in [0.15, 0.2) is 36.4 Å². The van der Waals surface area contributed by atoms with Crippen molar-refractivity contribution in [2.24, 2.45) is 5.92 Å². The van der Waals surface area contributed by atoms with Crippen molar-refractivity contribution in [3.05, 3.63) is 53.1 Å². The van der Waals surface area contributed by atoms with E-state index in [0.29, 0.717) is 11.3 Å². The molecule has 3 aliphatic carbocycles. The highest BCUT2D eigenvalue weighted by molar-refractivity contribution is 5.77. The summed E-state index contributed by atoms with van der Waals surface area (Å²) in [5, 5.41) is 0. The Bertz CT molecular complexity index is 775. The Hall–Kier alpha value is -1.76. The third-order valence-electron chi connectivity index (χ3n) is 6.71. The Morgan fingerprint density at radius 3 is 2.68 bits per heavy atom. The van der Waals surface area contributed by atoms with Gasteiger partial charge < -0.3 is 5.73 Å². The van der Waals surface area contributed by atoms with Crippen LogP contribution in [0.5, 0.6) is 0 Å². The molecule has 0 aliphatic heterocycles. The van der Waals surface area contributed by atoms with Gasteiger partial charge in [-0.1, -0.05) is 36.2 Å². The maximum Gasteiger partial charge on any atom is 0.0317 e. The van der Waals surface area contributed by atoms with Crippen LogP contribution in [-0.4, -0.2) is 0 Å². The van der Waals surface area contributed by atoms with E-state index in [0.717, 1.165) is 11.6 Å². The summed E-state index contributed by atoms with van der Waals surface area (Å²) in [5.74, 6) is 1.55. The van der Waals surface area contributed by atoms with E-state index in [1.165, 1.54) is 54.4 Å². The molecule has 2 fully saturated rings. The number of fused-ring (bicyclic) bond motifs is 4. The Balaban J connectivity index is 1.87. The molecule has 2 bridgehead atoms. The van der Waals surface area contributed by atoms with E-state index in [1.807, 2.05) is 0 Å². The molecule has 0 amide bonds. The number of nitrogens with two attached hydrogens (primary N) is 1. The van der Waals surface area contributed by atoms with E-state index in [-0.39, 0.29) is 0 Å². The largest absolute Gasteiger partial charge is 0.399 e. The van der Waals surface area contributed by atoms with Gasteiger partial charge in [0.1, 0.15) is 0 Å². The van der Waals surface area contributed by atoms with Gasteiger partial charge in [0.15, 0.2) is 0 Å². The Morgan fingerprint density at radius 1 is 1.00 bits per heavy atom. The summed E-state index contributed by atoms with van der Waals surface area (Å²) < 4.78 is 0. The summed E-state index contributed by atoms with van der Waals surface area (Å²) in [4.78, 5) is 0. The van der Waals surface area contributed by atoms with E-state index >= 15 is 0 Å². The van der Waals surface area contributed by atoms with E-state index < -0.39 is 0 Å². The van der Waals surface area contributed by atoms with Gasteiger partial charge in [0, 0.05) is 5.69 Å². The Morgan fingerprint density at radius 2 is 1.86 bits per heavy atom. The molecule has 2 aromatic carbocycles. The molecule has 0 spiro atoms. The van der Waals surface area contributed by atoms with E-state index in [1.54, 1.807) is 5.56 Å². The molecule has 2 unspecified atom stereocenters. The highest BCUT2D eigenvalue weighted by atomic mass is 14.6. The molecule has 2 aromatic rings. The van der Waals surface area contributed by atoms with Crippen LogP contribution >= 0.6 is 0 Å². The van der Waals surface area contributed by atoms with Crippen LogP contribution in [-0.2, 0) is 5.41 Å². The van der Waals surface area contributed by atoms with Gasteiger partial charge >= 0.3 is 0 Å². The number of benzene rings is 2. The summed E-state index contributed by atoms with van der Waals surface area (Å²) in [6, 6.07) is 13.7. The third-order valence-corrected chi connectivity index (χ3v) is 6.71. The molecule has 1 nitrogen and oxygen atoms in total. The molecule has 0 saturated heterocycles. The highest BCUT2D eigenvalue weighted by Crippen LogP contribution is 2.65. The molecule has 0 aromatic heterocycles. The molecule has 2 N–H and O–H groups in total. The monoisotopic (exact) mass is 289 g/mol. The summed E-state index contributed by atoms with van der Waals surface area (Å²) >= 11 is 0. The van der Waals surface area contributed by atoms with Gasteiger partial charge in [-0.2, -0.15) is 0 Å². The molecule has 5 rings (SSSR count). The fourth-order valence-corrected chi connectivity index (χ4v) is 5.67. The van der Waals surface area contributed by atoms with Crippen LogP contribution in [0.25, 0.3) is 11.1 Å². The lowest BCUT2D eigenvalue weighted by atomic mass is 9.48. The zero-order chi connectivity index (χ0) is 14.9. The van der Waals surface area contributed by atoms with Crippen LogP contribution in [0, 0.1) is 12.8 Å². The quantitative estimate of drug-likeness (QED) is 0.665. The molecule has 2 saturated carbocycles. The second-order valence-electron chi connectivity index (χ2n) is 7.70. The second kappa shape index (κ2) is 4.16. The molecule has 3 aliphatic rings. The lowest BCUT2D eigenvalue weighted by molar-refractivity contribution is 0.0476. The number of nitrogen functional groups attached to an aromatic ring is 1. The van der Waals surface area contributed by atoms with Crippen LogP contribution in [0.1, 0.15) is 54.7 Å². The predicted octanol–water partition coefficient (Wildman–Crippen LogP) is 5.17. The number of hydrogen-bond acceptors (Lipinski definition) is 1. The fourth-order valence-electron chi connectivity index (χ4n) is 5.67. The van der Waals surface area contributed by atoms with Crippen molar-refractivity contribution >= 4 is 5.69 Å². The first-order chi connectivity index (χ1) is 10.7. The summed E-state index contributed by atoms with van der Waals surface area (Å²) in [5.41, 5.74) is 15.0. The van der Waals surface area contributed by atoms with Crippen molar-refractivity contribution in [1.82, 2.24) is 0 Å². The molecule has 112 valence electrons. The van der Waals surface area contributed by atoms with Crippen LogP contribution in [0.2, 0.25) is 0 Å². The number of anilines is 1. The Labute approximate surface area is 132 Å². The second-order valence-corrected chi connectivity index (χ2v) is 7.70. The SMILES string of the molecule is Cc1ccc2c(c1)C13CCCC(c4cc(N)ccc4-2)[C@H]1CC3. The van der Waals surface area contributed by atoms with Crippen molar-refractivity contribution in [3.8, 4) is 11.1 Å². The first kappa shape index (κ1) is 12.8. The number of aryl methyl sites for hydroxylation is 1. The van der Waals surface area contributed by atoms with Gasteiger partial charge in [-0.25, -0.2) is 0 Å². The maximum atomic E-state index is 6.14. The lowest BCUT2D eigenvalue weighted by Gasteiger charge is -2.56. The third kappa shape index (κ3) is 1.45. The van der Waals surface area contributed by atoms with E-state index in [2.05, 4.69) is 43.3 Å². The predicted molar refractivity (Wildman–Crippen MR) is 92.0 cm³/mol. The summed E-state index contributed by atoms with van der Waals surface area (Å²) in [6.45, 7) is 2.24. The van der Waals surface area contributed by atoms with Gasteiger partial charge in [0.25, 0.3) is 0 Å². The zero-order valence-electron chi connectivity index (χ0n) is 13.2. The van der Waals surface area contributed by atoms with Gasteiger partial charge in [0.05, 0.1) is 0 Å². The minimum absolute atomic E-state index is 0.456. The van der Waals surface area contributed by atoms with Gasteiger partial charge in [-0.05, 0) is 84.2 Å². The molecular weight excluding hydrogens is 266 g/mol. The highest BCUT2D eigenvalue weighted by Gasteiger charge is 2.55. The van der Waals surface area contributed by atoms with E-state index in [4.69, 9.17) is 5.73 Å². The number of hydrogen-bond donors (Lipinski definition) is 1. The van der Waals surface area contributed by atoms with Crippen LogP contribution in [0.3, 0.4) is 0 Å². The van der Waals surface area contributed by atoms with Gasteiger partial charge in [0.2, 0.25) is 0 Å². The van der Waals surface area contributed by atoms with Crippen molar-refractivity contribution in [3.63, 3.8) is 0 Å². The van der Waals surface area contributed by atoms with Crippen molar-refractivity contribution in [2.45, 2.75) is 50.4 Å². The lowest BCUT2D eigenvalue weighted by Crippen LogP contribution is -2.49. The molecule has 1 heteroatoms. The van der Waals surface area contributed by atoms with Crippen molar-refractivity contribution < 1.29 is 0 Å². The van der Waals surface area contributed by atoms with Crippen LogP contribution in [0.4, 0.5) is 5.69 Å². The molecular formula is C21H23N. The van der Waals surface area contributed by atoms with Crippen LogP contribution < -0.4 is 5.73 Å². The smallest absolute Gasteiger partial charge is 0.0317 e. The van der Waals surface area contributed by atoms with Gasteiger partial charge in [-0.3, -0.25) is 0 Å². The normalized spacial score (nSPS) is 31.3. The topological polar surface area (TPSA) is 26.0 Å². The fraction of sp³-hybridized carbons (Fsp3) is 0.429. The zero-order valence-corrected chi connectivity index (χ0v) is 13.2. The van der Waals surface area contributed by atoms with Gasteiger partial charge in [-0.15, -0.1) is 0 Å².